The van der Waals surface area contributed by atoms with E-state index in [1.165, 1.54) is 31.4 Å². The van der Waals surface area contributed by atoms with E-state index in [9.17, 15) is 4.39 Å². The summed E-state index contributed by atoms with van der Waals surface area (Å²) in [5.41, 5.74) is 1.18. The van der Waals surface area contributed by atoms with Crippen LogP contribution in [0.15, 0.2) is 29.3 Å². The van der Waals surface area contributed by atoms with Gasteiger partial charge in [0.2, 0.25) is 0 Å². The van der Waals surface area contributed by atoms with Crippen LogP contribution in [0.25, 0.3) is 0 Å². The molecule has 3 rings (SSSR count). The van der Waals surface area contributed by atoms with Crippen molar-refractivity contribution in [3.05, 3.63) is 35.6 Å². The van der Waals surface area contributed by atoms with Crippen molar-refractivity contribution in [3.8, 4) is 0 Å². The highest BCUT2D eigenvalue weighted by molar-refractivity contribution is 5.80. The van der Waals surface area contributed by atoms with Crippen LogP contribution in [0.4, 0.5) is 4.39 Å². The van der Waals surface area contributed by atoms with Crippen molar-refractivity contribution >= 4 is 5.96 Å². The third kappa shape index (κ3) is 6.17. The Morgan fingerprint density at radius 2 is 1.86 bits per heavy atom. The zero-order valence-corrected chi connectivity index (χ0v) is 17.5. The fraction of sp³-hybridized carbons (Fsp3) is 0.682. The number of nitrogens with one attached hydrogen (secondary N) is 2. The van der Waals surface area contributed by atoms with Crippen molar-refractivity contribution in [1.82, 2.24) is 20.4 Å². The largest absolute Gasteiger partial charge is 0.355 e. The van der Waals surface area contributed by atoms with E-state index >= 15 is 0 Å². The van der Waals surface area contributed by atoms with Crippen molar-refractivity contribution in [2.24, 2.45) is 4.99 Å². The minimum Gasteiger partial charge on any atom is -0.355 e. The average molecular weight is 390 g/mol. The minimum absolute atomic E-state index is 0.166. The van der Waals surface area contributed by atoms with Crippen LogP contribution in [0.3, 0.4) is 0 Å². The van der Waals surface area contributed by atoms with Gasteiger partial charge in [0, 0.05) is 45.3 Å². The van der Waals surface area contributed by atoms with Gasteiger partial charge in [-0.25, -0.2) is 4.39 Å². The lowest BCUT2D eigenvalue weighted by Crippen LogP contribution is -2.52. The molecule has 2 saturated heterocycles. The quantitative estimate of drug-likeness (QED) is 0.580. The fourth-order valence-corrected chi connectivity index (χ4v) is 4.39. The molecule has 0 bridgehead atoms. The average Bonchev–Trinajstić information content (AvgIpc) is 2.74. The van der Waals surface area contributed by atoms with Gasteiger partial charge in [0.1, 0.15) is 5.82 Å². The summed E-state index contributed by atoms with van der Waals surface area (Å²) in [7, 11) is 1.86. The molecule has 1 aromatic carbocycles. The van der Waals surface area contributed by atoms with Gasteiger partial charge in [-0.15, -0.1) is 0 Å². The van der Waals surface area contributed by atoms with Crippen LogP contribution in [-0.4, -0.2) is 67.6 Å². The monoisotopic (exact) mass is 389 g/mol. The second-order valence-electron chi connectivity index (χ2n) is 8.05. The Kier molecular flexibility index (Phi) is 8.10. The molecule has 0 aromatic heterocycles. The lowest BCUT2D eigenvalue weighted by molar-refractivity contribution is 0.157. The van der Waals surface area contributed by atoms with Crippen molar-refractivity contribution in [2.75, 3.05) is 39.8 Å². The molecule has 0 amide bonds. The van der Waals surface area contributed by atoms with Crippen molar-refractivity contribution in [3.63, 3.8) is 0 Å². The van der Waals surface area contributed by atoms with Gasteiger partial charge in [0.25, 0.3) is 0 Å². The first-order chi connectivity index (χ1) is 13.7. The van der Waals surface area contributed by atoms with Crippen LogP contribution in [0.1, 0.15) is 44.6 Å². The van der Waals surface area contributed by atoms with Crippen LogP contribution in [0, 0.1) is 5.82 Å². The Balaban J connectivity index is 1.39. The molecule has 2 fully saturated rings. The van der Waals surface area contributed by atoms with Crippen LogP contribution in [-0.2, 0) is 6.54 Å². The number of benzene rings is 1. The van der Waals surface area contributed by atoms with Crippen LogP contribution >= 0.6 is 0 Å². The van der Waals surface area contributed by atoms with Crippen LogP contribution < -0.4 is 10.6 Å². The van der Waals surface area contributed by atoms with Gasteiger partial charge in [-0.3, -0.25) is 14.8 Å². The molecule has 1 aromatic rings. The van der Waals surface area contributed by atoms with E-state index in [1.807, 2.05) is 19.2 Å². The van der Waals surface area contributed by atoms with E-state index in [-0.39, 0.29) is 5.82 Å². The summed E-state index contributed by atoms with van der Waals surface area (Å²) < 4.78 is 13.1. The predicted molar refractivity (Wildman–Crippen MR) is 114 cm³/mol. The molecule has 5 nitrogen and oxygen atoms in total. The molecule has 1 unspecified atom stereocenters. The molecule has 28 heavy (non-hydrogen) atoms. The highest BCUT2D eigenvalue weighted by atomic mass is 19.1. The lowest BCUT2D eigenvalue weighted by Gasteiger charge is -2.36. The topological polar surface area (TPSA) is 42.9 Å². The second kappa shape index (κ2) is 10.8. The highest BCUT2D eigenvalue weighted by Gasteiger charge is 2.23. The second-order valence-corrected chi connectivity index (χ2v) is 8.05. The number of likely N-dealkylation sites (N-methyl/N-ethyl adjacent to an activating group) is 1. The Morgan fingerprint density at radius 1 is 1.11 bits per heavy atom. The maximum atomic E-state index is 13.1. The van der Waals surface area contributed by atoms with Gasteiger partial charge in [-0.2, -0.15) is 0 Å². The summed E-state index contributed by atoms with van der Waals surface area (Å²) >= 11 is 0. The summed E-state index contributed by atoms with van der Waals surface area (Å²) in [6, 6.07) is 7.95. The van der Waals surface area contributed by atoms with E-state index in [4.69, 9.17) is 0 Å². The van der Waals surface area contributed by atoms with Gasteiger partial charge in [-0.1, -0.05) is 25.5 Å². The number of aliphatic imine (C=N–C) groups is 1. The van der Waals surface area contributed by atoms with Gasteiger partial charge in [0.05, 0.1) is 0 Å². The standard InChI is InChI=1S/C22H36FN5/c1-3-28-13-5-4-6-21(28)16-25-22(24-2)26-20-11-14-27(15-12-20)17-18-7-9-19(23)10-8-18/h7-10,20-21H,3-6,11-17H2,1-2H3,(H2,24,25,26). The molecular formula is C22H36FN5. The molecular weight excluding hydrogens is 353 g/mol. The van der Waals surface area contributed by atoms with Crippen LogP contribution in [0.2, 0.25) is 0 Å². The number of nitrogens with zero attached hydrogens (tertiary/aromatic N) is 3. The number of likely N-dealkylation sites (tertiary alicyclic amines) is 2. The number of hydrogen-bond acceptors (Lipinski definition) is 3. The van der Waals surface area contributed by atoms with Crippen molar-refractivity contribution in [1.29, 1.82) is 0 Å². The molecule has 0 radical (unpaired) electrons. The Hall–Kier alpha value is -1.66. The first-order valence-corrected chi connectivity index (χ1v) is 10.9. The van der Waals surface area contributed by atoms with Gasteiger partial charge in [-0.05, 0) is 56.5 Å². The smallest absolute Gasteiger partial charge is 0.191 e. The molecule has 2 aliphatic heterocycles. The number of halogens is 1. The van der Waals surface area contributed by atoms with E-state index < -0.39 is 0 Å². The molecule has 2 aliphatic rings. The fourth-order valence-electron chi connectivity index (χ4n) is 4.39. The molecule has 0 aliphatic carbocycles. The summed E-state index contributed by atoms with van der Waals surface area (Å²) in [5.74, 6) is 0.763. The van der Waals surface area contributed by atoms with Crippen LogP contribution in [0.5, 0.6) is 0 Å². The van der Waals surface area contributed by atoms with Crippen molar-refractivity contribution < 1.29 is 4.39 Å². The van der Waals surface area contributed by atoms with E-state index in [0.717, 1.165) is 51.5 Å². The third-order valence-electron chi connectivity index (χ3n) is 6.13. The molecule has 1 atom stereocenters. The maximum Gasteiger partial charge on any atom is 0.191 e. The zero-order chi connectivity index (χ0) is 19.8. The van der Waals surface area contributed by atoms with Gasteiger partial charge >= 0.3 is 0 Å². The molecule has 6 heteroatoms. The van der Waals surface area contributed by atoms with E-state index in [0.29, 0.717) is 12.1 Å². The molecule has 0 spiro atoms. The number of hydrogen-bond donors (Lipinski definition) is 2. The molecule has 2 heterocycles. The SMILES string of the molecule is CCN1CCCCC1CNC(=NC)NC1CCN(Cc2ccc(F)cc2)CC1. The zero-order valence-electron chi connectivity index (χ0n) is 17.5. The normalized spacial score (nSPS) is 23.0. The van der Waals surface area contributed by atoms with Gasteiger partial charge in [0.15, 0.2) is 5.96 Å². The molecule has 0 saturated carbocycles. The summed E-state index contributed by atoms with van der Waals surface area (Å²) in [4.78, 5) is 9.47. The molecule has 156 valence electrons. The first kappa shape index (κ1) is 21.1. The highest BCUT2D eigenvalue weighted by Crippen LogP contribution is 2.16. The summed E-state index contributed by atoms with van der Waals surface area (Å²) in [6.07, 6.45) is 6.15. The van der Waals surface area contributed by atoms with Gasteiger partial charge < -0.3 is 10.6 Å². The molecule has 2 N–H and O–H groups in total. The first-order valence-electron chi connectivity index (χ1n) is 10.9. The number of piperidine rings is 2. The Bertz CT molecular complexity index is 610. The predicted octanol–water partition coefficient (Wildman–Crippen LogP) is 2.83. The number of guanidine groups is 1. The van der Waals surface area contributed by atoms with E-state index in [1.54, 1.807) is 12.1 Å². The lowest BCUT2D eigenvalue weighted by atomic mass is 10.0. The maximum absolute atomic E-state index is 13.1. The summed E-state index contributed by atoms with van der Waals surface area (Å²) in [5, 5.41) is 7.17. The number of rotatable bonds is 6. The third-order valence-corrected chi connectivity index (χ3v) is 6.13. The minimum atomic E-state index is -0.166. The summed E-state index contributed by atoms with van der Waals surface area (Å²) in [6.45, 7) is 8.58. The Labute approximate surface area is 169 Å². The van der Waals surface area contributed by atoms with E-state index in [2.05, 4.69) is 32.3 Å². The van der Waals surface area contributed by atoms with Crippen molar-refractivity contribution in [2.45, 2.75) is 57.7 Å². The Morgan fingerprint density at radius 3 is 2.54 bits per heavy atom.